The van der Waals surface area contributed by atoms with Crippen molar-refractivity contribution in [3.8, 4) is 0 Å². The van der Waals surface area contributed by atoms with E-state index >= 15 is 0 Å². The van der Waals surface area contributed by atoms with Gasteiger partial charge in [-0.25, -0.2) is 4.79 Å². The monoisotopic (exact) mass is 396 g/mol. The van der Waals surface area contributed by atoms with Crippen LogP contribution in [0.3, 0.4) is 0 Å². The minimum absolute atomic E-state index is 0.184. The van der Waals surface area contributed by atoms with E-state index in [-0.39, 0.29) is 12.1 Å². The predicted octanol–water partition coefficient (Wildman–Crippen LogP) is 2.31. The Morgan fingerprint density at radius 3 is 2.39 bits per heavy atom. The quantitative estimate of drug-likeness (QED) is 0.746. The lowest BCUT2D eigenvalue weighted by molar-refractivity contribution is -0.133. The van der Waals surface area contributed by atoms with Gasteiger partial charge in [0.1, 0.15) is 5.60 Å². The highest BCUT2D eigenvalue weighted by atomic mass is 16.6. The number of piperidine rings is 2. The van der Waals surface area contributed by atoms with Gasteiger partial charge >= 0.3 is 6.09 Å². The molecular weight excluding hydrogens is 356 g/mol. The number of carbonyl (C=O) groups is 2. The van der Waals surface area contributed by atoms with Gasteiger partial charge in [0.25, 0.3) is 0 Å². The van der Waals surface area contributed by atoms with Gasteiger partial charge in [0.05, 0.1) is 0 Å². The molecule has 2 fully saturated rings. The number of ether oxygens (including phenoxy) is 1. The number of likely N-dealkylation sites (tertiary alicyclic amines) is 2. The smallest absolute Gasteiger partial charge is 0.407 e. The second-order valence-corrected chi connectivity index (χ2v) is 9.47. The van der Waals surface area contributed by atoms with Gasteiger partial charge in [0.15, 0.2) is 0 Å². The molecule has 0 bridgehead atoms. The summed E-state index contributed by atoms with van der Waals surface area (Å²) in [6.45, 7) is 10.3. The average molecular weight is 397 g/mol. The molecule has 7 heteroatoms. The van der Waals surface area contributed by atoms with E-state index in [1.54, 1.807) is 0 Å². The predicted molar refractivity (Wildman–Crippen MR) is 111 cm³/mol. The highest BCUT2D eigenvalue weighted by Gasteiger charge is 2.26. The molecule has 0 saturated carbocycles. The first-order chi connectivity index (χ1) is 13.1. The normalized spacial score (nSPS) is 22.4. The number of hydrogen-bond donors (Lipinski definition) is 1. The zero-order valence-electron chi connectivity index (χ0n) is 18.5. The maximum atomic E-state index is 12.5. The van der Waals surface area contributed by atoms with Crippen molar-refractivity contribution < 1.29 is 14.3 Å². The van der Waals surface area contributed by atoms with Crippen molar-refractivity contribution >= 4 is 12.0 Å². The van der Waals surface area contributed by atoms with E-state index in [0.29, 0.717) is 18.4 Å². The average Bonchev–Trinajstić information content (AvgIpc) is 2.61. The van der Waals surface area contributed by atoms with E-state index < -0.39 is 5.60 Å². The summed E-state index contributed by atoms with van der Waals surface area (Å²) in [6, 6.07) is 0.679. The molecule has 2 heterocycles. The fraction of sp³-hybridized carbons (Fsp3) is 0.905. The fourth-order valence-corrected chi connectivity index (χ4v) is 3.99. The lowest BCUT2D eigenvalue weighted by Crippen LogP contribution is -2.48. The first-order valence-electron chi connectivity index (χ1n) is 10.8. The molecule has 0 aromatic carbocycles. The molecule has 162 valence electrons. The van der Waals surface area contributed by atoms with Gasteiger partial charge in [0, 0.05) is 44.7 Å². The topological polar surface area (TPSA) is 65.1 Å². The molecule has 2 rings (SSSR count). The standard InChI is InChI=1S/C21H40N4O3/c1-21(2,3)28-20(27)22-17-10-14-24(15-11-17)12-7-9-19(26)25-13-6-8-18(16-25)23(4)5/h17-18H,6-16H2,1-5H3,(H,22,27). The van der Waals surface area contributed by atoms with Crippen LogP contribution in [0.25, 0.3) is 0 Å². The third-order valence-corrected chi connectivity index (χ3v) is 5.65. The van der Waals surface area contributed by atoms with Gasteiger partial charge in [-0.3, -0.25) is 4.79 Å². The van der Waals surface area contributed by atoms with Gasteiger partial charge in [-0.15, -0.1) is 0 Å². The minimum Gasteiger partial charge on any atom is -0.444 e. The summed E-state index contributed by atoms with van der Waals surface area (Å²) in [5.41, 5.74) is -0.460. The molecule has 0 radical (unpaired) electrons. The highest BCUT2D eigenvalue weighted by Crippen LogP contribution is 2.16. The maximum absolute atomic E-state index is 12.5. The van der Waals surface area contributed by atoms with Gasteiger partial charge < -0.3 is 24.8 Å². The van der Waals surface area contributed by atoms with E-state index in [4.69, 9.17) is 4.74 Å². The molecule has 0 aliphatic carbocycles. The number of carbonyl (C=O) groups excluding carboxylic acids is 2. The van der Waals surface area contributed by atoms with Crippen LogP contribution in [0.5, 0.6) is 0 Å². The highest BCUT2D eigenvalue weighted by molar-refractivity contribution is 5.76. The van der Waals surface area contributed by atoms with E-state index in [1.807, 2.05) is 25.7 Å². The fourth-order valence-electron chi connectivity index (χ4n) is 3.99. The molecule has 0 aromatic rings. The van der Waals surface area contributed by atoms with Crippen molar-refractivity contribution in [2.45, 2.75) is 77.0 Å². The molecule has 1 N–H and O–H groups in total. The maximum Gasteiger partial charge on any atom is 0.407 e. The summed E-state index contributed by atoms with van der Waals surface area (Å²) in [6.07, 6.45) is 5.38. The van der Waals surface area contributed by atoms with E-state index in [2.05, 4.69) is 29.2 Å². The van der Waals surface area contributed by atoms with Crippen LogP contribution >= 0.6 is 0 Å². The van der Waals surface area contributed by atoms with Gasteiger partial charge in [-0.1, -0.05) is 0 Å². The van der Waals surface area contributed by atoms with Crippen LogP contribution in [0.1, 0.15) is 59.3 Å². The molecule has 1 unspecified atom stereocenters. The number of likely N-dealkylation sites (N-methyl/N-ethyl adjacent to an activating group) is 1. The van der Waals surface area contributed by atoms with E-state index in [9.17, 15) is 9.59 Å². The van der Waals surface area contributed by atoms with Crippen LogP contribution < -0.4 is 5.32 Å². The Hall–Kier alpha value is -1.34. The zero-order valence-corrected chi connectivity index (χ0v) is 18.5. The van der Waals surface area contributed by atoms with Crippen molar-refractivity contribution in [1.29, 1.82) is 0 Å². The second kappa shape index (κ2) is 10.4. The Morgan fingerprint density at radius 1 is 1.11 bits per heavy atom. The largest absolute Gasteiger partial charge is 0.444 e. The van der Waals surface area contributed by atoms with Crippen LogP contribution in [0.4, 0.5) is 4.79 Å². The first-order valence-corrected chi connectivity index (χ1v) is 10.8. The number of nitrogens with one attached hydrogen (secondary N) is 1. The summed E-state index contributed by atoms with van der Waals surface area (Å²) in [4.78, 5) is 31.1. The molecule has 2 saturated heterocycles. The van der Waals surface area contributed by atoms with E-state index in [1.165, 1.54) is 6.42 Å². The molecule has 1 atom stereocenters. The van der Waals surface area contributed by atoms with Crippen molar-refractivity contribution in [2.24, 2.45) is 0 Å². The summed E-state index contributed by atoms with van der Waals surface area (Å²) in [5.74, 6) is 0.299. The molecule has 7 nitrogen and oxygen atoms in total. The first kappa shape index (κ1) is 22.9. The molecule has 0 aromatic heterocycles. The number of hydrogen-bond acceptors (Lipinski definition) is 5. The molecule has 2 amide bonds. The number of nitrogens with zero attached hydrogens (tertiary/aromatic N) is 3. The van der Waals surface area contributed by atoms with Crippen LogP contribution in [-0.4, -0.2) is 91.2 Å². The second-order valence-electron chi connectivity index (χ2n) is 9.47. The third kappa shape index (κ3) is 7.95. The van der Waals surface area contributed by atoms with Crippen molar-refractivity contribution in [1.82, 2.24) is 20.0 Å². The molecule has 0 spiro atoms. The Balaban J connectivity index is 1.61. The van der Waals surface area contributed by atoms with Gasteiger partial charge in [0.2, 0.25) is 5.91 Å². The summed E-state index contributed by atoms with van der Waals surface area (Å²) in [7, 11) is 4.19. The molecular formula is C21H40N4O3. The summed E-state index contributed by atoms with van der Waals surface area (Å²) >= 11 is 0. The van der Waals surface area contributed by atoms with Gasteiger partial charge in [-0.2, -0.15) is 0 Å². The SMILES string of the molecule is CN(C)C1CCCN(C(=O)CCCN2CCC(NC(=O)OC(C)(C)C)CC2)C1. The molecule has 2 aliphatic rings. The van der Waals surface area contributed by atoms with Crippen LogP contribution in [-0.2, 0) is 9.53 Å². The number of rotatable bonds is 6. The summed E-state index contributed by atoms with van der Waals surface area (Å²) < 4.78 is 5.33. The van der Waals surface area contributed by atoms with Crippen molar-refractivity contribution in [2.75, 3.05) is 46.8 Å². The lowest BCUT2D eigenvalue weighted by atomic mass is 10.0. The van der Waals surface area contributed by atoms with Crippen molar-refractivity contribution in [3.63, 3.8) is 0 Å². The minimum atomic E-state index is -0.460. The zero-order chi connectivity index (χ0) is 20.7. The van der Waals surface area contributed by atoms with Crippen LogP contribution in [0, 0.1) is 0 Å². The Labute approximate surface area is 170 Å². The number of alkyl carbamates (subject to hydrolysis) is 1. The lowest BCUT2D eigenvalue weighted by Gasteiger charge is -2.36. The Kier molecular flexibility index (Phi) is 8.56. The Bertz CT molecular complexity index is 510. The van der Waals surface area contributed by atoms with Crippen molar-refractivity contribution in [3.05, 3.63) is 0 Å². The Morgan fingerprint density at radius 2 is 1.79 bits per heavy atom. The molecule has 28 heavy (non-hydrogen) atoms. The third-order valence-electron chi connectivity index (χ3n) is 5.65. The van der Waals surface area contributed by atoms with Gasteiger partial charge in [-0.05, 0) is 73.5 Å². The summed E-state index contributed by atoms with van der Waals surface area (Å²) in [5, 5.41) is 2.97. The van der Waals surface area contributed by atoms with Crippen LogP contribution in [0.15, 0.2) is 0 Å². The van der Waals surface area contributed by atoms with Crippen LogP contribution in [0.2, 0.25) is 0 Å². The number of amides is 2. The molecule has 2 aliphatic heterocycles. The van der Waals surface area contributed by atoms with E-state index in [0.717, 1.165) is 58.4 Å².